The molecule has 1 aromatic carbocycles. The summed E-state index contributed by atoms with van der Waals surface area (Å²) in [6, 6.07) is 6.31. The van der Waals surface area contributed by atoms with E-state index in [-0.39, 0.29) is 5.82 Å². The summed E-state index contributed by atoms with van der Waals surface area (Å²) in [7, 11) is 0. The van der Waals surface area contributed by atoms with E-state index in [9.17, 15) is 4.39 Å². The molecule has 0 radical (unpaired) electrons. The Morgan fingerprint density at radius 1 is 1.41 bits per heavy atom. The van der Waals surface area contributed by atoms with Crippen LogP contribution < -0.4 is 5.32 Å². The number of hydrogen-bond acceptors (Lipinski definition) is 3. The quantitative estimate of drug-likeness (QED) is 0.941. The first-order valence-electron chi connectivity index (χ1n) is 5.32. The molecule has 1 aromatic heterocycles. The van der Waals surface area contributed by atoms with Crippen molar-refractivity contribution in [2.75, 3.05) is 6.54 Å². The number of rotatable bonds is 4. The lowest BCUT2D eigenvalue weighted by Gasteiger charge is -1.99. The second-order valence-electron chi connectivity index (χ2n) is 3.59. The number of benzene rings is 1. The summed E-state index contributed by atoms with van der Waals surface area (Å²) in [6.07, 6.45) is 0. The predicted octanol–water partition coefficient (Wildman–Crippen LogP) is 3.35. The Hall–Kier alpha value is -1.20. The monoisotopic (exact) mass is 298 g/mol. The third-order valence-electron chi connectivity index (χ3n) is 2.31. The molecule has 90 valence electrons. The molecule has 0 saturated heterocycles. The molecular formula is C12H12BrFN2O. The molecule has 0 aliphatic rings. The van der Waals surface area contributed by atoms with E-state index in [1.165, 1.54) is 12.1 Å². The van der Waals surface area contributed by atoms with E-state index in [0.717, 1.165) is 17.8 Å². The van der Waals surface area contributed by atoms with Gasteiger partial charge >= 0.3 is 0 Å². The van der Waals surface area contributed by atoms with Crippen molar-refractivity contribution < 1.29 is 8.91 Å². The molecule has 1 heterocycles. The molecule has 1 N–H and O–H groups in total. The van der Waals surface area contributed by atoms with Crippen LogP contribution in [0.3, 0.4) is 0 Å². The van der Waals surface area contributed by atoms with E-state index in [4.69, 9.17) is 4.52 Å². The standard InChI is InChI=1S/C12H12BrFN2O/c1-2-15-7-9-6-12(17-16-9)10-4-3-8(14)5-11(10)13/h3-6,15H,2,7H2,1H3. The molecule has 0 spiro atoms. The van der Waals surface area contributed by atoms with Crippen molar-refractivity contribution in [1.82, 2.24) is 10.5 Å². The predicted molar refractivity (Wildman–Crippen MR) is 67.0 cm³/mol. The van der Waals surface area contributed by atoms with Crippen LogP contribution >= 0.6 is 15.9 Å². The second kappa shape index (κ2) is 5.42. The minimum Gasteiger partial charge on any atom is -0.356 e. The van der Waals surface area contributed by atoms with E-state index in [1.54, 1.807) is 6.07 Å². The van der Waals surface area contributed by atoms with E-state index < -0.39 is 0 Å². The zero-order valence-corrected chi connectivity index (χ0v) is 10.9. The van der Waals surface area contributed by atoms with Crippen molar-refractivity contribution >= 4 is 15.9 Å². The zero-order chi connectivity index (χ0) is 12.3. The van der Waals surface area contributed by atoms with Gasteiger partial charge in [-0.3, -0.25) is 0 Å². The van der Waals surface area contributed by atoms with Crippen LogP contribution in [0.25, 0.3) is 11.3 Å². The molecule has 0 bridgehead atoms. The highest BCUT2D eigenvalue weighted by atomic mass is 79.9. The van der Waals surface area contributed by atoms with Gasteiger partial charge in [-0.15, -0.1) is 0 Å². The molecular weight excluding hydrogens is 287 g/mol. The maximum absolute atomic E-state index is 12.9. The van der Waals surface area contributed by atoms with E-state index in [2.05, 4.69) is 26.4 Å². The molecule has 3 nitrogen and oxygen atoms in total. The summed E-state index contributed by atoms with van der Waals surface area (Å²) in [4.78, 5) is 0. The number of halogens is 2. The summed E-state index contributed by atoms with van der Waals surface area (Å²) in [5.41, 5.74) is 1.62. The van der Waals surface area contributed by atoms with Crippen molar-refractivity contribution in [1.29, 1.82) is 0 Å². The van der Waals surface area contributed by atoms with Gasteiger partial charge in [0, 0.05) is 22.6 Å². The van der Waals surface area contributed by atoms with Crippen LogP contribution in [0.5, 0.6) is 0 Å². The third kappa shape index (κ3) is 2.92. The molecule has 0 unspecified atom stereocenters. The molecule has 0 atom stereocenters. The Balaban J connectivity index is 2.24. The van der Waals surface area contributed by atoms with Gasteiger partial charge < -0.3 is 9.84 Å². The molecule has 2 aromatic rings. The Bertz CT molecular complexity index is 513. The molecule has 0 fully saturated rings. The molecule has 0 saturated carbocycles. The van der Waals surface area contributed by atoms with E-state index in [0.29, 0.717) is 16.8 Å². The summed E-state index contributed by atoms with van der Waals surface area (Å²) < 4.78 is 18.8. The van der Waals surface area contributed by atoms with Crippen LogP contribution in [0.15, 0.2) is 33.3 Å². The van der Waals surface area contributed by atoms with Crippen molar-refractivity contribution in [2.45, 2.75) is 13.5 Å². The largest absolute Gasteiger partial charge is 0.356 e. The minimum absolute atomic E-state index is 0.284. The van der Waals surface area contributed by atoms with Gasteiger partial charge in [-0.05, 0) is 40.7 Å². The average molecular weight is 299 g/mol. The topological polar surface area (TPSA) is 38.1 Å². The van der Waals surface area contributed by atoms with Gasteiger partial charge in [-0.2, -0.15) is 0 Å². The normalized spacial score (nSPS) is 10.8. The molecule has 2 rings (SSSR count). The van der Waals surface area contributed by atoms with Gasteiger partial charge in [-0.25, -0.2) is 4.39 Å². The minimum atomic E-state index is -0.284. The Morgan fingerprint density at radius 2 is 2.24 bits per heavy atom. The Morgan fingerprint density at radius 3 is 2.94 bits per heavy atom. The zero-order valence-electron chi connectivity index (χ0n) is 9.34. The van der Waals surface area contributed by atoms with Gasteiger partial charge in [0.1, 0.15) is 5.82 Å². The molecule has 5 heteroatoms. The summed E-state index contributed by atoms with van der Waals surface area (Å²) in [6.45, 7) is 3.57. The molecule has 17 heavy (non-hydrogen) atoms. The molecule has 0 amide bonds. The van der Waals surface area contributed by atoms with Crippen LogP contribution in [-0.4, -0.2) is 11.7 Å². The Kier molecular flexibility index (Phi) is 3.91. The van der Waals surface area contributed by atoms with Crippen LogP contribution in [-0.2, 0) is 6.54 Å². The Labute approximate surface area is 107 Å². The lowest BCUT2D eigenvalue weighted by atomic mass is 10.1. The number of nitrogens with one attached hydrogen (secondary N) is 1. The fraction of sp³-hybridized carbons (Fsp3) is 0.250. The fourth-order valence-electron chi connectivity index (χ4n) is 1.46. The molecule has 0 aliphatic heterocycles. The van der Waals surface area contributed by atoms with Gasteiger partial charge in [0.05, 0.1) is 5.69 Å². The fourth-order valence-corrected chi connectivity index (χ4v) is 2.01. The SMILES string of the molecule is CCNCc1cc(-c2ccc(F)cc2Br)on1. The first-order chi connectivity index (χ1) is 8.20. The number of aromatic nitrogens is 1. The van der Waals surface area contributed by atoms with Gasteiger partial charge in [0.15, 0.2) is 5.76 Å². The maximum atomic E-state index is 12.9. The maximum Gasteiger partial charge on any atom is 0.168 e. The van der Waals surface area contributed by atoms with Gasteiger partial charge in [0.25, 0.3) is 0 Å². The van der Waals surface area contributed by atoms with Crippen molar-refractivity contribution in [3.05, 3.63) is 40.2 Å². The first-order valence-corrected chi connectivity index (χ1v) is 6.11. The first kappa shape index (κ1) is 12.3. The highest BCUT2D eigenvalue weighted by Gasteiger charge is 2.10. The average Bonchev–Trinajstić information content (AvgIpc) is 2.75. The lowest BCUT2D eigenvalue weighted by Crippen LogP contribution is -2.11. The van der Waals surface area contributed by atoms with E-state index >= 15 is 0 Å². The summed E-state index contributed by atoms with van der Waals surface area (Å²) in [5, 5.41) is 7.10. The summed E-state index contributed by atoms with van der Waals surface area (Å²) in [5.74, 6) is 0.345. The second-order valence-corrected chi connectivity index (χ2v) is 4.44. The van der Waals surface area contributed by atoms with Gasteiger partial charge in [0.2, 0.25) is 0 Å². The van der Waals surface area contributed by atoms with Crippen LogP contribution in [0, 0.1) is 5.82 Å². The highest BCUT2D eigenvalue weighted by molar-refractivity contribution is 9.10. The number of nitrogens with zero attached hydrogens (tertiary/aromatic N) is 1. The van der Waals surface area contributed by atoms with Crippen LogP contribution in [0.4, 0.5) is 4.39 Å². The summed E-state index contributed by atoms with van der Waals surface area (Å²) >= 11 is 3.30. The highest BCUT2D eigenvalue weighted by Crippen LogP contribution is 2.29. The van der Waals surface area contributed by atoms with Crippen LogP contribution in [0.2, 0.25) is 0 Å². The lowest BCUT2D eigenvalue weighted by molar-refractivity contribution is 0.420. The smallest absolute Gasteiger partial charge is 0.168 e. The van der Waals surface area contributed by atoms with Crippen molar-refractivity contribution in [2.24, 2.45) is 0 Å². The third-order valence-corrected chi connectivity index (χ3v) is 2.97. The molecule has 0 aliphatic carbocycles. The van der Waals surface area contributed by atoms with Gasteiger partial charge in [-0.1, -0.05) is 12.1 Å². The number of hydrogen-bond donors (Lipinski definition) is 1. The van der Waals surface area contributed by atoms with E-state index in [1.807, 2.05) is 13.0 Å². The van der Waals surface area contributed by atoms with Crippen molar-refractivity contribution in [3.63, 3.8) is 0 Å². The van der Waals surface area contributed by atoms with Crippen molar-refractivity contribution in [3.8, 4) is 11.3 Å². The van der Waals surface area contributed by atoms with Crippen LogP contribution in [0.1, 0.15) is 12.6 Å².